The lowest BCUT2D eigenvalue weighted by molar-refractivity contribution is -0.394. The monoisotopic (exact) mass is 496 g/mol. The topological polar surface area (TPSA) is 129 Å². The van der Waals surface area contributed by atoms with Gasteiger partial charge in [0.15, 0.2) is 11.5 Å². The SMILES string of the molecule is COc1cc(/C=N\N=C(c2ccccc2)c2ccccc2)ccc1Oc1ccc([N+](=O)[O-])cc1[N+](=O)[O-]. The molecule has 37 heavy (non-hydrogen) atoms. The van der Waals surface area contributed by atoms with Crippen LogP contribution in [0.1, 0.15) is 16.7 Å². The van der Waals surface area contributed by atoms with Gasteiger partial charge in [-0.1, -0.05) is 60.7 Å². The van der Waals surface area contributed by atoms with Crippen molar-refractivity contribution in [3.63, 3.8) is 0 Å². The molecule has 0 saturated heterocycles. The van der Waals surface area contributed by atoms with Gasteiger partial charge in [0.2, 0.25) is 5.75 Å². The van der Waals surface area contributed by atoms with E-state index >= 15 is 0 Å². The second-order valence-electron chi connectivity index (χ2n) is 7.60. The first-order valence-corrected chi connectivity index (χ1v) is 11.0. The Hall–Kier alpha value is -5.38. The fraction of sp³-hybridized carbons (Fsp3) is 0.0370. The highest BCUT2D eigenvalue weighted by Crippen LogP contribution is 2.38. The summed E-state index contributed by atoms with van der Waals surface area (Å²) in [4.78, 5) is 20.9. The molecule has 10 nitrogen and oxygen atoms in total. The summed E-state index contributed by atoms with van der Waals surface area (Å²) in [6.45, 7) is 0. The maximum absolute atomic E-state index is 11.4. The first kappa shape index (κ1) is 24.7. The molecule has 184 valence electrons. The van der Waals surface area contributed by atoms with Crippen LogP contribution < -0.4 is 9.47 Å². The molecule has 0 bridgehead atoms. The normalized spacial score (nSPS) is 10.6. The summed E-state index contributed by atoms with van der Waals surface area (Å²) in [6, 6.07) is 27.4. The van der Waals surface area contributed by atoms with Gasteiger partial charge >= 0.3 is 5.69 Å². The van der Waals surface area contributed by atoms with Crippen LogP contribution in [0.4, 0.5) is 11.4 Å². The molecule has 0 atom stereocenters. The van der Waals surface area contributed by atoms with Gasteiger partial charge in [0.1, 0.15) is 5.71 Å². The molecule has 0 aromatic heterocycles. The average Bonchev–Trinajstić information content (AvgIpc) is 2.92. The molecule has 0 unspecified atom stereocenters. The Labute approximate surface area is 211 Å². The van der Waals surface area contributed by atoms with Crippen LogP contribution in [0.25, 0.3) is 0 Å². The van der Waals surface area contributed by atoms with Crippen molar-refractivity contribution in [3.05, 3.63) is 134 Å². The number of ether oxygens (including phenoxy) is 2. The summed E-state index contributed by atoms with van der Waals surface area (Å²) < 4.78 is 11.1. The van der Waals surface area contributed by atoms with Gasteiger partial charge in [-0.3, -0.25) is 20.2 Å². The Morgan fingerprint density at radius 2 is 1.38 bits per heavy atom. The molecule has 10 heteroatoms. The molecule has 0 aliphatic heterocycles. The zero-order valence-electron chi connectivity index (χ0n) is 19.6. The van der Waals surface area contributed by atoms with Crippen molar-refractivity contribution < 1.29 is 19.3 Å². The molecular weight excluding hydrogens is 476 g/mol. The van der Waals surface area contributed by atoms with E-state index in [4.69, 9.17) is 9.47 Å². The predicted octanol–water partition coefficient (Wildman–Crippen LogP) is 6.18. The Kier molecular flexibility index (Phi) is 7.60. The highest BCUT2D eigenvalue weighted by molar-refractivity contribution is 6.12. The average molecular weight is 496 g/mol. The lowest BCUT2D eigenvalue weighted by Gasteiger charge is -2.11. The van der Waals surface area contributed by atoms with Crippen LogP contribution in [0, 0.1) is 20.2 Å². The van der Waals surface area contributed by atoms with E-state index < -0.39 is 21.2 Å². The molecule has 4 rings (SSSR count). The van der Waals surface area contributed by atoms with Crippen LogP contribution in [-0.2, 0) is 0 Å². The summed E-state index contributed by atoms with van der Waals surface area (Å²) >= 11 is 0. The van der Waals surface area contributed by atoms with Crippen LogP contribution >= 0.6 is 0 Å². The van der Waals surface area contributed by atoms with Gasteiger partial charge in [0, 0.05) is 17.2 Å². The predicted molar refractivity (Wildman–Crippen MR) is 139 cm³/mol. The molecule has 0 saturated carbocycles. The van der Waals surface area contributed by atoms with Crippen molar-refractivity contribution in [2.45, 2.75) is 0 Å². The highest BCUT2D eigenvalue weighted by Gasteiger charge is 2.22. The molecule has 4 aromatic rings. The van der Waals surface area contributed by atoms with E-state index in [1.165, 1.54) is 13.2 Å². The van der Waals surface area contributed by atoms with Gasteiger partial charge in [0.25, 0.3) is 5.69 Å². The standard InChI is InChI=1S/C27H20N4O6/c1-36-26-16-19(12-14-25(26)37-24-15-13-22(30(32)33)17-23(24)31(34)35)18-28-29-27(20-8-4-2-5-9-20)21-10-6-3-7-11-21/h2-18H,1H3/b28-18-. The Bertz CT molecular complexity index is 1450. The number of hydrogen-bond acceptors (Lipinski definition) is 8. The third-order valence-corrected chi connectivity index (χ3v) is 5.22. The highest BCUT2D eigenvalue weighted by atomic mass is 16.6. The van der Waals surface area contributed by atoms with Gasteiger partial charge in [-0.05, 0) is 29.8 Å². The molecule has 0 spiro atoms. The van der Waals surface area contributed by atoms with Gasteiger partial charge in [-0.15, -0.1) is 5.10 Å². The van der Waals surface area contributed by atoms with Crippen LogP contribution in [0.3, 0.4) is 0 Å². The number of nitrogens with zero attached hydrogens (tertiary/aromatic N) is 4. The molecule has 0 amide bonds. The van der Waals surface area contributed by atoms with Crippen LogP contribution in [-0.4, -0.2) is 28.9 Å². The smallest absolute Gasteiger partial charge is 0.318 e. The van der Waals surface area contributed by atoms with Crippen molar-refractivity contribution in [2.75, 3.05) is 7.11 Å². The summed E-state index contributed by atoms with van der Waals surface area (Å²) in [5, 5.41) is 31.1. The van der Waals surface area contributed by atoms with E-state index in [9.17, 15) is 20.2 Å². The molecule has 0 fully saturated rings. The van der Waals surface area contributed by atoms with E-state index in [1.54, 1.807) is 24.4 Å². The fourth-order valence-electron chi connectivity index (χ4n) is 3.44. The number of non-ortho nitro benzene ring substituents is 1. The third-order valence-electron chi connectivity index (χ3n) is 5.22. The summed E-state index contributed by atoms with van der Waals surface area (Å²) in [5.74, 6) is 0.316. The summed E-state index contributed by atoms with van der Waals surface area (Å²) in [6.07, 6.45) is 1.55. The van der Waals surface area contributed by atoms with Crippen molar-refractivity contribution >= 4 is 23.3 Å². The first-order chi connectivity index (χ1) is 18.0. The zero-order valence-corrected chi connectivity index (χ0v) is 19.6. The minimum atomic E-state index is -0.745. The van der Waals surface area contributed by atoms with E-state index in [0.29, 0.717) is 11.3 Å². The number of hydrogen-bond donors (Lipinski definition) is 0. The van der Waals surface area contributed by atoms with Crippen LogP contribution in [0.2, 0.25) is 0 Å². The van der Waals surface area contributed by atoms with Crippen molar-refractivity contribution in [2.24, 2.45) is 10.2 Å². The van der Waals surface area contributed by atoms with Gasteiger partial charge in [-0.25, -0.2) is 0 Å². The van der Waals surface area contributed by atoms with Gasteiger partial charge < -0.3 is 9.47 Å². The largest absolute Gasteiger partial charge is 0.493 e. The Balaban J connectivity index is 1.61. The molecule has 0 radical (unpaired) electrons. The van der Waals surface area contributed by atoms with E-state index in [-0.39, 0.29) is 17.2 Å². The first-order valence-electron chi connectivity index (χ1n) is 11.0. The minimum Gasteiger partial charge on any atom is -0.493 e. The maximum atomic E-state index is 11.4. The third kappa shape index (κ3) is 6.01. The van der Waals surface area contributed by atoms with Crippen molar-refractivity contribution in [1.82, 2.24) is 0 Å². The van der Waals surface area contributed by atoms with Crippen molar-refractivity contribution in [3.8, 4) is 17.2 Å². The van der Waals surface area contributed by atoms with Crippen molar-refractivity contribution in [1.29, 1.82) is 0 Å². The number of benzene rings is 4. The lowest BCUT2D eigenvalue weighted by atomic mass is 10.0. The summed E-state index contributed by atoms with van der Waals surface area (Å²) in [7, 11) is 1.43. The van der Waals surface area contributed by atoms with Crippen LogP contribution in [0.5, 0.6) is 17.2 Å². The van der Waals surface area contributed by atoms with Gasteiger partial charge in [-0.2, -0.15) is 5.10 Å². The number of nitro benzene ring substituents is 2. The zero-order chi connectivity index (χ0) is 26.2. The lowest BCUT2D eigenvalue weighted by Crippen LogP contribution is -2.02. The number of nitro groups is 2. The number of methoxy groups -OCH3 is 1. The second-order valence-corrected chi connectivity index (χ2v) is 7.60. The molecule has 0 heterocycles. The molecule has 0 aliphatic carbocycles. The maximum Gasteiger partial charge on any atom is 0.318 e. The summed E-state index contributed by atoms with van der Waals surface area (Å²) in [5.41, 5.74) is 2.23. The fourth-order valence-corrected chi connectivity index (χ4v) is 3.44. The van der Waals surface area contributed by atoms with E-state index in [2.05, 4.69) is 10.2 Å². The minimum absolute atomic E-state index is 0.157. The van der Waals surface area contributed by atoms with Gasteiger partial charge in [0.05, 0.1) is 29.2 Å². The molecule has 4 aromatic carbocycles. The molecule has 0 N–H and O–H groups in total. The van der Waals surface area contributed by atoms with E-state index in [1.807, 2.05) is 60.7 Å². The van der Waals surface area contributed by atoms with E-state index in [0.717, 1.165) is 23.3 Å². The Morgan fingerprint density at radius 3 is 1.95 bits per heavy atom. The number of rotatable bonds is 9. The molecule has 0 aliphatic rings. The van der Waals surface area contributed by atoms with Crippen LogP contribution in [0.15, 0.2) is 107 Å². The quantitative estimate of drug-likeness (QED) is 0.155. The molecular formula is C27H20N4O6. The second kappa shape index (κ2) is 11.4. The Morgan fingerprint density at radius 1 is 0.757 bits per heavy atom.